The van der Waals surface area contributed by atoms with Crippen LogP contribution in [-0.2, 0) is 11.2 Å². The summed E-state index contributed by atoms with van der Waals surface area (Å²) in [5.41, 5.74) is 2.54. The SMILES string of the molecule is CNC(=O)Cc1ccc(N=Nc2ccccc2)cc1. The van der Waals surface area contributed by atoms with Gasteiger partial charge in [-0.3, -0.25) is 4.79 Å². The van der Waals surface area contributed by atoms with Crippen LogP contribution in [0, 0.1) is 0 Å². The van der Waals surface area contributed by atoms with Crippen molar-refractivity contribution in [3.63, 3.8) is 0 Å². The number of carbonyl (C=O) groups excluding carboxylic acids is 1. The molecule has 0 saturated heterocycles. The minimum Gasteiger partial charge on any atom is -0.359 e. The third-order valence-electron chi connectivity index (χ3n) is 2.62. The van der Waals surface area contributed by atoms with Crippen molar-refractivity contribution in [3.05, 3.63) is 60.2 Å². The van der Waals surface area contributed by atoms with Crippen LogP contribution in [0.1, 0.15) is 5.56 Å². The summed E-state index contributed by atoms with van der Waals surface area (Å²) in [6, 6.07) is 17.0. The van der Waals surface area contributed by atoms with Gasteiger partial charge in [0.15, 0.2) is 0 Å². The molecule has 0 atom stereocenters. The molecule has 4 heteroatoms. The normalized spacial score (nSPS) is 10.6. The number of amides is 1. The molecule has 96 valence electrons. The van der Waals surface area contributed by atoms with Gasteiger partial charge in [-0.25, -0.2) is 0 Å². The van der Waals surface area contributed by atoms with Gasteiger partial charge in [-0.15, -0.1) is 0 Å². The van der Waals surface area contributed by atoms with Crippen LogP contribution in [-0.4, -0.2) is 13.0 Å². The standard InChI is InChI=1S/C15H15N3O/c1-16-15(19)11-12-7-9-14(10-8-12)18-17-13-5-3-2-4-6-13/h2-10H,11H2,1H3,(H,16,19). The lowest BCUT2D eigenvalue weighted by atomic mass is 10.1. The van der Waals surface area contributed by atoms with Crippen LogP contribution < -0.4 is 5.32 Å². The average molecular weight is 253 g/mol. The third kappa shape index (κ3) is 4.03. The molecular weight excluding hydrogens is 238 g/mol. The molecule has 19 heavy (non-hydrogen) atoms. The average Bonchev–Trinajstić information content (AvgIpc) is 2.47. The van der Waals surface area contributed by atoms with Crippen LogP contribution in [0.3, 0.4) is 0 Å². The number of azo groups is 1. The summed E-state index contributed by atoms with van der Waals surface area (Å²) < 4.78 is 0. The lowest BCUT2D eigenvalue weighted by Gasteiger charge is -2.00. The van der Waals surface area contributed by atoms with E-state index in [1.165, 1.54) is 0 Å². The quantitative estimate of drug-likeness (QED) is 0.834. The second kappa shape index (κ2) is 6.44. The minimum atomic E-state index is -0.00124. The molecule has 1 N–H and O–H groups in total. The number of benzene rings is 2. The van der Waals surface area contributed by atoms with Crippen molar-refractivity contribution in [2.75, 3.05) is 7.05 Å². The Balaban J connectivity index is 2.03. The second-order valence-corrected chi connectivity index (χ2v) is 4.05. The molecule has 4 nitrogen and oxygen atoms in total. The zero-order chi connectivity index (χ0) is 13.5. The summed E-state index contributed by atoms with van der Waals surface area (Å²) in [5, 5.41) is 10.9. The number of hydrogen-bond acceptors (Lipinski definition) is 3. The van der Waals surface area contributed by atoms with Crippen molar-refractivity contribution in [2.24, 2.45) is 10.2 Å². The molecule has 0 unspecified atom stereocenters. The van der Waals surface area contributed by atoms with E-state index in [1.807, 2.05) is 54.6 Å². The van der Waals surface area contributed by atoms with Gasteiger partial charge in [0.05, 0.1) is 17.8 Å². The first-order chi connectivity index (χ1) is 9.28. The largest absolute Gasteiger partial charge is 0.359 e. The molecule has 0 fully saturated rings. The number of nitrogens with zero attached hydrogens (tertiary/aromatic N) is 2. The summed E-state index contributed by atoms with van der Waals surface area (Å²) in [6.45, 7) is 0. The smallest absolute Gasteiger partial charge is 0.224 e. The Morgan fingerprint density at radius 3 is 2.11 bits per heavy atom. The van der Waals surface area contributed by atoms with Crippen molar-refractivity contribution in [3.8, 4) is 0 Å². The van der Waals surface area contributed by atoms with E-state index in [4.69, 9.17) is 0 Å². The Labute approximate surface area is 112 Å². The van der Waals surface area contributed by atoms with Gasteiger partial charge < -0.3 is 5.32 Å². The van der Waals surface area contributed by atoms with Crippen LogP contribution >= 0.6 is 0 Å². The Hall–Kier alpha value is -2.49. The lowest BCUT2D eigenvalue weighted by Crippen LogP contribution is -2.19. The Bertz CT molecular complexity index is 562. The van der Waals surface area contributed by atoms with E-state index in [1.54, 1.807) is 7.05 Å². The maximum absolute atomic E-state index is 11.2. The number of nitrogens with one attached hydrogen (secondary N) is 1. The molecule has 0 aromatic heterocycles. The number of hydrogen-bond donors (Lipinski definition) is 1. The van der Waals surface area contributed by atoms with Gasteiger partial charge in [0.1, 0.15) is 0 Å². The summed E-state index contributed by atoms with van der Waals surface area (Å²) in [7, 11) is 1.63. The van der Waals surface area contributed by atoms with Crippen molar-refractivity contribution in [1.29, 1.82) is 0 Å². The fraction of sp³-hybridized carbons (Fsp3) is 0.133. The van der Waals surface area contributed by atoms with Gasteiger partial charge >= 0.3 is 0 Å². The zero-order valence-electron chi connectivity index (χ0n) is 10.7. The van der Waals surface area contributed by atoms with Crippen LogP contribution in [0.25, 0.3) is 0 Å². The topological polar surface area (TPSA) is 53.8 Å². The van der Waals surface area contributed by atoms with E-state index in [-0.39, 0.29) is 5.91 Å². The molecule has 1 amide bonds. The van der Waals surface area contributed by atoms with Crippen molar-refractivity contribution in [2.45, 2.75) is 6.42 Å². The first-order valence-electron chi connectivity index (χ1n) is 6.04. The van der Waals surface area contributed by atoms with Gasteiger partial charge in [0.2, 0.25) is 5.91 Å². The van der Waals surface area contributed by atoms with Gasteiger partial charge in [0.25, 0.3) is 0 Å². The highest BCUT2D eigenvalue weighted by Crippen LogP contribution is 2.18. The third-order valence-corrected chi connectivity index (χ3v) is 2.62. The molecule has 0 radical (unpaired) electrons. The highest BCUT2D eigenvalue weighted by atomic mass is 16.1. The van der Waals surface area contributed by atoms with Crippen LogP contribution in [0.2, 0.25) is 0 Å². The number of rotatable bonds is 4. The van der Waals surface area contributed by atoms with Crippen LogP contribution in [0.5, 0.6) is 0 Å². The zero-order valence-corrected chi connectivity index (χ0v) is 10.7. The Kier molecular flexibility index (Phi) is 4.39. The number of carbonyl (C=O) groups is 1. The fourth-order valence-corrected chi connectivity index (χ4v) is 1.56. The summed E-state index contributed by atoms with van der Waals surface area (Å²) in [5.74, 6) is -0.00124. The fourth-order valence-electron chi connectivity index (χ4n) is 1.56. The molecule has 0 heterocycles. The van der Waals surface area contributed by atoms with E-state index in [2.05, 4.69) is 15.5 Å². The van der Waals surface area contributed by atoms with E-state index in [0.717, 1.165) is 16.9 Å². The van der Waals surface area contributed by atoms with Crippen LogP contribution in [0.15, 0.2) is 64.8 Å². The van der Waals surface area contributed by atoms with Gasteiger partial charge in [-0.2, -0.15) is 10.2 Å². The summed E-state index contributed by atoms with van der Waals surface area (Å²) in [6.07, 6.45) is 0.382. The number of likely N-dealkylation sites (N-methyl/N-ethyl adjacent to an activating group) is 1. The molecule has 0 aliphatic carbocycles. The van der Waals surface area contributed by atoms with E-state index in [0.29, 0.717) is 6.42 Å². The maximum Gasteiger partial charge on any atom is 0.224 e. The van der Waals surface area contributed by atoms with Crippen LogP contribution in [0.4, 0.5) is 11.4 Å². The van der Waals surface area contributed by atoms with E-state index in [9.17, 15) is 4.79 Å². The first-order valence-corrected chi connectivity index (χ1v) is 6.04. The lowest BCUT2D eigenvalue weighted by molar-refractivity contribution is -0.119. The molecule has 0 aliphatic heterocycles. The summed E-state index contributed by atoms with van der Waals surface area (Å²) in [4.78, 5) is 11.2. The van der Waals surface area contributed by atoms with Gasteiger partial charge in [-0.1, -0.05) is 30.3 Å². The Morgan fingerprint density at radius 1 is 0.947 bits per heavy atom. The molecule has 0 saturated carbocycles. The molecule has 2 aromatic rings. The monoisotopic (exact) mass is 253 g/mol. The predicted molar refractivity (Wildman–Crippen MR) is 74.8 cm³/mol. The molecule has 2 aromatic carbocycles. The van der Waals surface area contributed by atoms with Crippen molar-refractivity contribution in [1.82, 2.24) is 5.32 Å². The second-order valence-electron chi connectivity index (χ2n) is 4.05. The predicted octanol–water partition coefficient (Wildman–Crippen LogP) is 3.39. The van der Waals surface area contributed by atoms with Gasteiger partial charge in [0, 0.05) is 7.05 Å². The maximum atomic E-state index is 11.2. The highest BCUT2D eigenvalue weighted by Gasteiger charge is 2.00. The van der Waals surface area contributed by atoms with E-state index < -0.39 is 0 Å². The Morgan fingerprint density at radius 2 is 1.53 bits per heavy atom. The summed E-state index contributed by atoms with van der Waals surface area (Å²) >= 11 is 0. The van der Waals surface area contributed by atoms with E-state index >= 15 is 0 Å². The first kappa shape index (κ1) is 13.0. The highest BCUT2D eigenvalue weighted by molar-refractivity contribution is 5.78. The van der Waals surface area contributed by atoms with Crippen molar-refractivity contribution >= 4 is 17.3 Å². The molecule has 0 spiro atoms. The van der Waals surface area contributed by atoms with Crippen molar-refractivity contribution < 1.29 is 4.79 Å². The molecular formula is C15H15N3O. The molecule has 0 aliphatic rings. The molecule has 2 rings (SSSR count). The minimum absolute atomic E-state index is 0.00124. The molecule has 0 bridgehead atoms. The van der Waals surface area contributed by atoms with Gasteiger partial charge in [-0.05, 0) is 29.8 Å².